The third kappa shape index (κ3) is 4.24. The van der Waals surface area contributed by atoms with E-state index in [-0.39, 0.29) is 12.4 Å². The van der Waals surface area contributed by atoms with E-state index in [2.05, 4.69) is 0 Å². The lowest BCUT2D eigenvalue weighted by atomic mass is 9.82. The van der Waals surface area contributed by atoms with Crippen LogP contribution >= 0.6 is 0 Å². The van der Waals surface area contributed by atoms with Crippen molar-refractivity contribution in [2.75, 3.05) is 34.7 Å². The van der Waals surface area contributed by atoms with Crippen molar-refractivity contribution in [1.29, 1.82) is 0 Å². The molecule has 10 nitrogen and oxygen atoms in total. The highest BCUT2D eigenvalue weighted by Crippen LogP contribution is 2.58. The van der Waals surface area contributed by atoms with Crippen LogP contribution in [0.5, 0.6) is 28.7 Å². The summed E-state index contributed by atoms with van der Waals surface area (Å²) in [6, 6.07) is 2.78. The van der Waals surface area contributed by atoms with E-state index < -0.39 is 29.8 Å². The molecule has 40 heavy (non-hydrogen) atoms. The predicted molar refractivity (Wildman–Crippen MR) is 143 cm³/mol. The van der Waals surface area contributed by atoms with Gasteiger partial charge in [-0.1, -0.05) is 6.07 Å². The Kier molecular flexibility index (Phi) is 6.39. The minimum absolute atomic E-state index is 0.0882. The van der Waals surface area contributed by atoms with Gasteiger partial charge in [0.2, 0.25) is 12.5 Å². The number of carbonyl (C=O) groups excluding carboxylic acids is 2. The van der Waals surface area contributed by atoms with Crippen molar-refractivity contribution in [2.24, 2.45) is 5.92 Å². The van der Waals surface area contributed by atoms with Crippen molar-refractivity contribution in [3.8, 4) is 28.7 Å². The van der Waals surface area contributed by atoms with Gasteiger partial charge < -0.3 is 33.2 Å². The summed E-state index contributed by atoms with van der Waals surface area (Å²) in [5.74, 6) is 2.44. The number of nitrogens with zero attached hydrogens (tertiary/aromatic N) is 1. The smallest absolute Gasteiger partial charge is 0.410 e. The maximum atomic E-state index is 13.7. The van der Waals surface area contributed by atoms with Gasteiger partial charge >= 0.3 is 12.1 Å². The molecule has 6 rings (SSSR count). The van der Waals surface area contributed by atoms with E-state index in [1.807, 2.05) is 20.8 Å². The van der Waals surface area contributed by atoms with Crippen LogP contribution in [-0.4, -0.2) is 57.2 Å². The molecule has 4 aliphatic rings. The molecule has 3 aliphatic heterocycles. The second-order valence-corrected chi connectivity index (χ2v) is 11.6. The molecule has 1 saturated carbocycles. The van der Waals surface area contributed by atoms with Gasteiger partial charge in [-0.15, -0.1) is 0 Å². The number of carbonyl (C=O) groups is 2. The van der Waals surface area contributed by atoms with Crippen molar-refractivity contribution in [1.82, 2.24) is 4.90 Å². The Morgan fingerprint density at radius 1 is 1.02 bits per heavy atom. The fourth-order valence-electron chi connectivity index (χ4n) is 6.09. The Morgan fingerprint density at radius 2 is 1.75 bits per heavy atom. The summed E-state index contributed by atoms with van der Waals surface area (Å²) < 4.78 is 40.9. The number of amides is 1. The summed E-state index contributed by atoms with van der Waals surface area (Å²) >= 11 is 0. The summed E-state index contributed by atoms with van der Waals surface area (Å²) in [5.41, 5.74) is 3.02. The number of ether oxygens (including phenoxy) is 7. The first-order valence-electron chi connectivity index (χ1n) is 13.6. The van der Waals surface area contributed by atoms with Crippen LogP contribution in [0.25, 0.3) is 0 Å². The fourth-order valence-corrected chi connectivity index (χ4v) is 6.09. The molecule has 10 heteroatoms. The number of cyclic esters (lactones) is 1. The van der Waals surface area contributed by atoms with Crippen LogP contribution in [0.15, 0.2) is 12.1 Å². The zero-order chi connectivity index (χ0) is 28.3. The monoisotopic (exact) mass is 553 g/mol. The summed E-state index contributed by atoms with van der Waals surface area (Å²) in [4.78, 5) is 28.8. The molecule has 0 aromatic heterocycles. The largest absolute Gasteiger partial charge is 0.493 e. The molecule has 0 unspecified atom stereocenters. The Labute approximate surface area is 233 Å². The Hall–Kier alpha value is -3.82. The van der Waals surface area contributed by atoms with Crippen molar-refractivity contribution in [3.63, 3.8) is 0 Å². The van der Waals surface area contributed by atoms with Crippen molar-refractivity contribution < 1.29 is 42.7 Å². The quantitative estimate of drug-likeness (QED) is 0.450. The van der Waals surface area contributed by atoms with Crippen molar-refractivity contribution >= 4 is 12.1 Å². The van der Waals surface area contributed by atoms with E-state index in [9.17, 15) is 9.59 Å². The van der Waals surface area contributed by atoms with Gasteiger partial charge in [-0.05, 0) is 64.0 Å². The maximum Gasteiger partial charge on any atom is 0.410 e. The summed E-state index contributed by atoms with van der Waals surface area (Å²) in [6.45, 7) is 5.93. The van der Waals surface area contributed by atoms with E-state index in [1.54, 1.807) is 24.1 Å². The average Bonchev–Trinajstić information content (AvgIpc) is 3.50. The molecule has 1 aliphatic carbocycles. The van der Waals surface area contributed by atoms with Crippen LogP contribution < -0.4 is 23.7 Å². The molecule has 0 bridgehead atoms. The average molecular weight is 554 g/mol. The molecule has 0 saturated heterocycles. The number of fused-ring (bicyclic) bond motifs is 3. The van der Waals surface area contributed by atoms with Crippen LogP contribution in [0.1, 0.15) is 78.4 Å². The lowest BCUT2D eigenvalue weighted by molar-refractivity contribution is -0.0195. The third-order valence-corrected chi connectivity index (χ3v) is 7.89. The number of hydrogen-bond donors (Lipinski definition) is 0. The van der Waals surface area contributed by atoms with E-state index in [1.165, 1.54) is 27.1 Å². The first-order chi connectivity index (χ1) is 19.2. The maximum absolute atomic E-state index is 13.7. The highest BCUT2D eigenvalue weighted by molar-refractivity contribution is 5.98. The lowest BCUT2D eigenvalue weighted by Gasteiger charge is -2.41. The molecule has 214 valence electrons. The van der Waals surface area contributed by atoms with Gasteiger partial charge in [0.15, 0.2) is 29.1 Å². The van der Waals surface area contributed by atoms with Crippen LogP contribution in [-0.2, 0) is 22.3 Å². The molecule has 2 aromatic rings. The van der Waals surface area contributed by atoms with Gasteiger partial charge in [0.1, 0.15) is 17.2 Å². The first-order valence-corrected chi connectivity index (χ1v) is 13.6. The molecule has 2 aromatic carbocycles. The van der Waals surface area contributed by atoms with E-state index in [0.29, 0.717) is 53.2 Å². The zero-order valence-electron chi connectivity index (χ0n) is 23.8. The summed E-state index contributed by atoms with van der Waals surface area (Å²) in [5, 5.41) is 0. The standard InChI is InChI=1S/C30H35NO9/c1-30(2,3)40-29(33)31-12-11-16-18(13-15-7-8-15)24-27(38-14-37-24)26(36-6)20(16)22(31)23-17-9-10-19(34-4)25(35-5)21(17)28(32)39-23/h9-10,15,22-23H,7-8,11-14H2,1-6H3/t22-,23+/m1/s1. The molecule has 0 spiro atoms. The number of methoxy groups -OCH3 is 3. The second-order valence-electron chi connectivity index (χ2n) is 11.6. The Morgan fingerprint density at radius 3 is 2.40 bits per heavy atom. The van der Waals surface area contributed by atoms with E-state index in [4.69, 9.17) is 33.2 Å². The number of rotatable bonds is 6. The highest BCUT2D eigenvalue weighted by atomic mass is 16.7. The van der Waals surface area contributed by atoms with Gasteiger partial charge in [0.25, 0.3) is 0 Å². The lowest BCUT2D eigenvalue weighted by Crippen LogP contribution is -2.45. The predicted octanol–water partition coefficient (Wildman–Crippen LogP) is 5.14. The molecule has 0 N–H and O–H groups in total. The van der Waals surface area contributed by atoms with Crippen molar-refractivity contribution in [3.05, 3.63) is 39.9 Å². The highest BCUT2D eigenvalue weighted by Gasteiger charge is 2.50. The minimum atomic E-state index is -0.850. The normalized spacial score (nSPS) is 20.9. The SMILES string of the molecule is COc1ccc2c(c1OC)C(=O)O[C@@H]2[C@H]1c2c(c(CC3CC3)c3c(c2OC)OCO3)CCN1C(=O)OC(C)(C)C. The summed E-state index contributed by atoms with van der Waals surface area (Å²) in [7, 11) is 4.57. The number of benzene rings is 2. The van der Waals surface area contributed by atoms with Crippen LogP contribution in [0.3, 0.4) is 0 Å². The van der Waals surface area contributed by atoms with Crippen LogP contribution in [0.2, 0.25) is 0 Å². The molecule has 0 radical (unpaired) electrons. The first kappa shape index (κ1) is 26.4. The van der Waals surface area contributed by atoms with Gasteiger partial charge in [-0.2, -0.15) is 0 Å². The molecule has 1 amide bonds. The van der Waals surface area contributed by atoms with Gasteiger partial charge in [-0.25, -0.2) is 9.59 Å². The molecular formula is C30H35NO9. The van der Waals surface area contributed by atoms with E-state index in [0.717, 1.165) is 23.1 Å². The van der Waals surface area contributed by atoms with Crippen LogP contribution in [0, 0.1) is 5.92 Å². The summed E-state index contributed by atoms with van der Waals surface area (Å²) in [6.07, 6.45) is 2.40. The topological polar surface area (TPSA) is 102 Å². The van der Waals surface area contributed by atoms with Crippen LogP contribution in [0.4, 0.5) is 4.79 Å². The molecular weight excluding hydrogens is 518 g/mol. The van der Waals surface area contributed by atoms with E-state index >= 15 is 0 Å². The third-order valence-electron chi connectivity index (χ3n) is 7.89. The van der Waals surface area contributed by atoms with Gasteiger partial charge in [0, 0.05) is 23.2 Å². The number of esters is 1. The fraction of sp³-hybridized carbons (Fsp3) is 0.533. The van der Waals surface area contributed by atoms with Gasteiger partial charge in [-0.3, -0.25) is 4.90 Å². The second kappa shape index (κ2) is 9.67. The molecule has 1 fully saturated rings. The van der Waals surface area contributed by atoms with Crippen molar-refractivity contribution in [2.45, 2.75) is 64.2 Å². The zero-order valence-corrected chi connectivity index (χ0v) is 23.8. The minimum Gasteiger partial charge on any atom is -0.493 e. The molecule has 3 heterocycles. The Bertz CT molecular complexity index is 1370. The molecule has 2 atom stereocenters. The Balaban J connectivity index is 1.57. The number of hydrogen-bond acceptors (Lipinski definition) is 9. The van der Waals surface area contributed by atoms with Gasteiger partial charge in [0.05, 0.1) is 21.3 Å².